The number of hydrogen-bond acceptors (Lipinski definition) is 6. The minimum Gasteiger partial charge on any atom is -0.395 e. The first kappa shape index (κ1) is 17.0. The van der Waals surface area contributed by atoms with Gasteiger partial charge in [-0.25, -0.2) is 9.59 Å². The minimum atomic E-state index is -0.903. The highest BCUT2D eigenvalue weighted by Gasteiger charge is 2.11. The van der Waals surface area contributed by atoms with Gasteiger partial charge in [-0.1, -0.05) is 42.5 Å². The predicted octanol–water partition coefficient (Wildman–Crippen LogP) is 4.84. The van der Waals surface area contributed by atoms with Crippen LogP contribution in [0.3, 0.4) is 0 Å². The van der Waals surface area contributed by atoms with E-state index in [1.807, 2.05) is 0 Å². The van der Waals surface area contributed by atoms with Gasteiger partial charge in [0.05, 0.1) is 0 Å². The normalized spacial score (nSPS) is 9.85. The number of benzene rings is 3. The lowest BCUT2D eigenvalue weighted by molar-refractivity contribution is 0.150. The molecule has 0 aliphatic heterocycles. The van der Waals surface area contributed by atoms with E-state index in [1.165, 1.54) is 18.2 Å². The second-order valence-corrected chi connectivity index (χ2v) is 5.01. The van der Waals surface area contributed by atoms with E-state index in [0.717, 1.165) is 0 Å². The van der Waals surface area contributed by atoms with Gasteiger partial charge in [0.1, 0.15) is 23.0 Å². The molecule has 0 saturated carbocycles. The molecule has 0 heterocycles. The molecule has 0 amide bonds. The zero-order valence-corrected chi connectivity index (χ0v) is 13.5. The van der Waals surface area contributed by atoms with Gasteiger partial charge in [0.25, 0.3) is 0 Å². The van der Waals surface area contributed by atoms with Gasteiger partial charge in [-0.15, -0.1) is 0 Å². The summed E-state index contributed by atoms with van der Waals surface area (Å²) >= 11 is 0. The molecule has 0 fully saturated rings. The number of carbonyl (C=O) groups is 2. The van der Waals surface area contributed by atoms with Crippen molar-refractivity contribution in [3.05, 3.63) is 84.9 Å². The van der Waals surface area contributed by atoms with E-state index in [4.69, 9.17) is 18.9 Å². The van der Waals surface area contributed by atoms with Crippen molar-refractivity contribution < 1.29 is 28.5 Å². The Morgan fingerprint density at radius 1 is 0.462 bits per heavy atom. The molecule has 26 heavy (non-hydrogen) atoms. The zero-order chi connectivity index (χ0) is 18.2. The van der Waals surface area contributed by atoms with Gasteiger partial charge in [-0.2, -0.15) is 0 Å². The van der Waals surface area contributed by atoms with Crippen molar-refractivity contribution in [2.45, 2.75) is 0 Å². The topological polar surface area (TPSA) is 71.1 Å². The number of hydrogen-bond donors (Lipinski definition) is 0. The van der Waals surface area contributed by atoms with Crippen LogP contribution in [-0.4, -0.2) is 12.3 Å². The first-order valence-electron chi connectivity index (χ1n) is 7.68. The van der Waals surface area contributed by atoms with E-state index >= 15 is 0 Å². The first-order chi connectivity index (χ1) is 12.7. The summed E-state index contributed by atoms with van der Waals surface area (Å²) in [5.74, 6) is 1.04. The van der Waals surface area contributed by atoms with E-state index in [9.17, 15) is 9.59 Å². The van der Waals surface area contributed by atoms with E-state index < -0.39 is 12.3 Å². The summed E-state index contributed by atoms with van der Waals surface area (Å²) in [6, 6.07) is 23.0. The summed E-state index contributed by atoms with van der Waals surface area (Å²) in [7, 11) is 0. The molecule has 3 aromatic rings. The molecule has 3 aromatic carbocycles. The van der Waals surface area contributed by atoms with E-state index in [1.54, 1.807) is 66.7 Å². The second-order valence-electron chi connectivity index (χ2n) is 5.01. The monoisotopic (exact) mass is 350 g/mol. The van der Waals surface area contributed by atoms with Crippen LogP contribution in [0.1, 0.15) is 0 Å². The van der Waals surface area contributed by atoms with E-state index in [2.05, 4.69) is 0 Å². The van der Waals surface area contributed by atoms with Crippen LogP contribution in [0.2, 0.25) is 0 Å². The minimum absolute atomic E-state index is 0.163. The molecule has 6 heteroatoms. The molecule has 0 unspecified atom stereocenters. The van der Waals surface area contributed by atoms with Crippen LogP contribution >= 0.6 is 0 Å². The second kappa shape index (κ2) is 8.34. The van der Waals surface area contributed by atoms with Gasteiger partial charge in [-0.05, 0) is 36.4 Å². The highest BCUT2D eigenvalue weighted by atomic mass is 16.7. The van der Waals surface area contributed by atoms with Crippen molar-refractivity contribution in [1.29, 1.82) is 0 Å². The molecule has 0 saturated heterocycles. The van der Waals surface area contributed by atoms with Gasteiger partial charge in [0.2, 0.25) is 0 Å². The highest BCUT2D eigenvalue weighted by molar-refractivity contribution is 5.69. The molecule has 0 N–H and O–H groups in total. The quantitative estimate of drug-likeness (QED) is 0.495. The van der Waals surface area contributed by atoms with Crippen molar-refractivity contribution in [3.8, 4) is 23.0 Å². The lowest BCUT2D eigenvalue weighted by Crippen LogP contribution is -2.15. The summed E-state index contributed by atoms with van der Waals surface area (Å²) in [6.45, 7) is 0. The third-order valence-corrected chi connectivity index (χ3v) is 3.10. The lowest BCUT2D eigenvalue weighted by Gasteiger charge is -2.08. The molecule has 130 valence electrons. The fourth-order valence-corrected chi connectivity index (χ4v) is 2.00. The molecule has 0 spiro atoms. The fraction of sp³-hybridized carbons (Fsp3) is 0. The Morgan fingerprint density at radius 2 is 0.808 bits per heavy atom. The van der Waals surface area contributed by atoms with Crippen molar-refractivity contribution in [2.75, 3.05) is 0 Å². The van der Waals surface area contributed by atoms with E-state index in [0.29, 0.717) is 11.5 Å². The maximum Gasteiger partial charge on any atom is 0.519 e. The average molecular weight is 350 g/mol. The Morgan fingerprint density at radius 3 is 1.23 bits per heavy atom. The van der Waals surface area contributed by atoms with Gasteiger partial charge in [0.15, 0.2) is 0 Å². The average Bonchev–Trinajstić information content (AvgIpc) is 2.63. The lowest BCUT2D eigenvalue weighted by atomic mass is 10.3. The molecule has 0 radical (unpaired) electrons. The van der Waals surface area contributed by atoms with Crippen molar-refractivity contribution >= 4 is 12.3 Å². The smallest absolute Gasteiger partial charge is 0.395 e. The van der Waals surface area contributed by atoms with Gasteiger partial charge < -0.3 is 18.9 Å². The van der Waals surface area contributed by atoms with Crippen LogP contribution in [-0.2, 0) is 0 Å². The molecule has 0 aromatic heterocycles. The molecule has 3 rings (SSSR count). The van der Waals surface area contributed by atoms with Crippen molar-refractivity contribution in [1.82, 2.24) is 0 Å². The summed E-state index contributed by atoms with van der Waals surface area (Å²) in [5, 5.41) is 0. The number of rotatable bonds is 4. The van der Waals surface area contributed by atoms with E-state index in [-0.39, 0.29) is 11.5 Å². The number of ether oxygens (including phenoxy) is 4. The largest absolute Gasteiger partial charge is 0.519 e. The van der Waals surface area contributed by atoms with Gasteiger partial charge >= 0.3 is 12.3 Å². The first-order valence-corrected chi connectivity index (χ1v) is 7.68. The summed E-state index contributed by atoms with van der Waals surface area (Å²) in [5.41, 5.74) is 0. The summed E-state index contributed by atoms with van der Waals surface area (Å²) < 4.78 is 20.2. The maximum absolute atomic E-state index is 11.8. The standard InChI is InChI=1S/C20H14O6/c21-19(23-15-8-3-1-4-9-15)25-17-12-7-13-18(14-17)26-20(22)24-16-10-5-2-6-11-16/h1-14H. The molecule has 0 aliphatic rings. The third-order valence-electron chi connectivity index (χ3n) is 3.10. The maximum atomic E-state index is 11.8. The molecular formula is C20H14O6. The fourth-order valence-electron chi connectivity index (χ4n) is 2.00. The third kappa shape index (κ3) is 5.10. The Balaban J connectivity index is 1.57. The van der Waals surface area contributed by atoms with Crippen LogP contribution < -0.4 is 18.9 Å². The van der Waals surface area contributed by atoms with Crippen LogP contribution in [0, 0.1) is 0 Å². The molecular weight excluding hydrogens is 336 g/mol. The molecule has 0 aliphatic carbocycles. The zero-order valence-electron chi connectivity index (χ0n) is 13.5. The molecule has 0 bridgehead atoms. The molecule has 0 atom stereocenters. The van der Waals surface area contributed by atoms with Crippen molar-refractivity contribution in [2.24, 2.45) is 0 Å². The van der Waals surface area contributed by atoms with Gasteiger partial charge in [0, 0.05) is 6.07 Å². The Labute approximate surface area is 149 Å². The van der Waals surface area contributed by atoms with Crippen LogP contribution in [0.15, 0.2) is 84.9 Å². The predicted molar refractivity (Wildman–Crippen MR) is 92.6 cm³/mol. The van der Waals surface area contributed by atoms with Gasteiger partial charge in [-0.3, -0.25) is 0 Å². The summed E-state index contributed by atoms with van der Waals surface area (Å²) in [6.07, 6.45) is -1.81. The Bertz CT molecular complexity index is 806. The Hall–Kier alpha value is -3.80. The van der Waals surface area contributed by atoms with Crippen LogP contribution in [0.5, 0.6) is 23.0 Å². The highest BCUT2D eigenvalue weighted by Crippen LogP contribution is 2.21. The Kier molecular flexibility index (Phi) is 5.47. The summed E-state index contributed by atoms with van der Waals surface area (Å²) in [4.78, 5) is 23.6. The van der Waals surface area contributed by atoms with Crippen molar-refractivity contribution in [3.63, 3.8) is 0 Å². The number of para-hydroxylation sites is 2. The number of carbonyl (C=O) groups excluding carboxylic acids is 2. The van der Waals surface area contributed by atoms with Crippen LogP contribution in [0.4, 0.5) is 9.59 Å². The van der Waals surface area contributed by atoms with Crippen LogP contribution in [0.25, 0.3) is 0 Å². The molecule has 6 nitrogen and oxygen atoms in total. The SMILES string of the molecule is O=C(Oc1ccccc1)Oc1cccc(OC(=O)Oc2ccccc2)c1.